The van der Waals surface area contributed by atoms with E-state index in [1.807, 2.05) is 6.07 Å². The summed E-state index contributed by atoms with van der Waals surface area (Å²) in [5, 5.41) is 2.96. The normalized spacial score (nSPS) is 11.0. The van der Waals surface area contributed by atoms with Crippen molar-refractivity contribution in [2.75, 3.05) is 12.4 Å². The number of hydrogen-bond donors (Lipinski definition) is 1. The summed E-state index contributed by atoms with van der Waals surface area (Å²) in [6.07, 6.45) is -4.35. The summed E-state index contributed by atoms with van der Waals surface area (Å²) in [6, 6.07) is 11.8. The molecule has 0 saturated carbocycles. The molecule has 110 valence electrons. The maximum Gasteiger partial charge on any atom is 0.416 e. The van der Waals surface area contributed by atoms with E-state index in [4.69, 9.17) is 17.0 Å². The van der Waals surface area contributed by atoms with Gasteiger partial charge in [-0.05, 0) is 24.3 Å². The number of benzene rings is 2. The fraction of sp³-hybridized carbons (Fsp3) is 0.133. The molecule has 2 nitrogen and oxygen atoms in total. The van der Waals surface area contributed by atoms with Crippen LogP contribution in [0, 0.1) is 0 Å². The number of anilines is 1. The third-order valence-corrected chi connectivity index (χ3v) is 3.17. The standard InChI is InChI=1S/C15H12F3NOS/c1-20-13-5-3-2-4-12(13)19-14(21)10-6-8-11(9-7-10)15(16,17)18/h2-9H,1H3,(H,19,21). The van der Waals surface area contributed by atoms with Gasteiger partial charge in [0, 0.05) is 5.56 Å². The molecule has 0 atom stereocenters. The SMILES string of the molecule is COc1ccccc1NC(=S)c1ccc(C(F)(F)F)cc1. The first-order chi connectivity index (χ1) is 9.91. The molecule has 0 aliphatic carbocycles. The van der Waals surface area contributed by atoms with Gasteiger partial charge in [-0.2, -0.15) is 13.2 Å². The highest BCUT2D eigenvalue weighted by Crippen LogP contribution is 2.29. The molecule has 1 N–H and O–H groups in total. The van der Waals surface area contributed by atoms with Gasteiger partial charge in [0.1, 0.15) is 10.7 Å². The summed E-state index contributed by atoms with van der Waals surface area (Å²) in [6.45, 7) is 0. The molecule has 2 aromatic carbocycles. The Morgan fingerprint density at radius 2 is 1.67 bits per heavy atom. The Balaban J connectivity index is 2.17. The minimum Gasteiger partial charge on any atom is -0.495 e. The van der Waals surface area contributed by atoms with Crippen LogP contribution in [0.3, 0.4) is 0 Å². The van der Waals surface area contributed by atoms with Crippen LogP contribution in [-0.4, -0.2) is 12.1 Å². The first kappa shape index (κ1) is 15.3. The van der Waals surface area contributed by atoms with E-state index in [0.29, 0.717) is 22.0 Å². The molecule has 0 spiro atoms. The van der Waals surface area contributed by atoms with Crippen LogP contribution in [0.5, 0.6) is 5.75 Å². The molecule has 0 aliphatic rings. The van der Waals surface area contributed by atoms with Crippen LogP contribution < -0.4 is 10.1 Å². The molecule has 0 aliphatic heterocycles. The Kier molecular flexibility index (Phi) is 4.47. The number of ether oxygens (including phenoxy) is 1. The lowest BCUT2D eigenvalue weighted by molar-refractivity contribution is -0.137. The number of alkyl halides is 3. The third-order valence-electron chi connectivity index (χ3n) is 2.83. The molecule has 2 rings (SSSR count). The third kappa shape index (κ3) is 3.72. The van der Waals surface area contributed by atoms with Crippen LogP contribution in [0.25, 0.3) is 0 Å². The minimum atomic E-state index is -4.35. The average molecular weight is 311 g/mol. The first-order valence-corrected chi connectivity index (χ1v) is 6.44. The van der Waals surface area contributed by atoms with Crippen molar-refractivity contribution in [3.05, 3.63) is 59.7 Å². The van der Waals surface area contributed by atoms with Crippen molar-refractivity contribution in [3.8, 4) is 5.75 Å². The summed E-state index contributed by atoms with van der Waals surface area (Å²) in [7, 11) is 1.53. The van der Waals surface area contributed by atoms with Crippen molar-refractivity contribution >= 4 is 22.9 Å². The Labute approximate surface area is 125 Å². The summed E-state index contributed by atoms with van der Waals surface area (Å²) in [5.41, 5.74) is 0.458. The van der Waals surface area contributed by atoms with Crippen molar-refractivity contribution in [2.24, 2.45) is 0 Å². The number of halogens is 3. The van der Waals surface area contributed by atoms with Gasteiger partial charge in [-0.25, -0.2) is 0 Å². The molecule has 0 heterocycles. The van der Waals surface area contributed by atoms with Crippen LogP contribution in [0.15, 0.2) is 48.5 Å². The molecule has 0 aromatic heterocycles. The Hall–Kier alpha value is -2.08. The van der Waals surface area contributed by atoms with E-state index in [-0.39, 0.29) is 0 Å². The van der Waals surface area contributed by atoms with Crippen LogP contribution in [0.2, 0.25) is 0 Å². The lowest BCUT2D eigenvalue weighted by Gasteiger charge is -2.12. The maximum absolute atomic E-state index is 12.5. The maximum atomic E-state index is 12.5. The quantitative estimate of drug-likeness (QED) is 0.843. The monoisotopic (exact) mass is 311 g/mol. The number of para-hydroxylation sites is 2. The van der Waals surface area contributed by atoms with Gasteiger partial charge in [0.15, 0.2) is 0 Å². The van der Waals surface area contributed by atoms with Crippen LogP contribution in [0.4, 0.5) is 18.9 Å². The molecule has 0 saturated heterocycles. The Morgan fingerprint density at radius 1 is 1.05 bits per heavy atom. The Morgan fingerprint density at radius 3 is 2.24 bits per heavy atom. The fourth-order valence-electron chi connectivity index (χ4n) is 1.75. The van der Waals surface area contributed by atoms with E-state index >= 15 is 0 Å². The molecule has 0 fully saturated rings. The van der Waals surface area contributed by atoms with Crippen molar-refractivity contribution in [1.29, 1.82) is 0 Å². The molecule has 0 unspecified atom stereocenters. The second-order valence-corrected chi connectivity index (χ2v) is 4.64. The van der Waals surface area contributed by atoms with Gasteiger partial charge in [-0.15, -0.1) is 0 Å². The van der Waals surface area contributed by atoms with Gasteiger partial charge in [-0.3, -0.25) is 0 Å². The average Bonchev–Trinajstić information content (AvgIpc) is 2.47. The van der Waals surface area contributed by atoms with Gasteiger partial charge in [0.05, 0.1) is 18.4 Å². The predicted molar refractivity (Wildman–Crippen MR) is 79.8 cm³/mol. The van der Waals surface area contributed by atoms with Crippen LogP contribution >= 0.6 is 12.2 Å². The minimum absolute atomic E-state index is 0.327. The van der Waals surface area contributed by atoms with E-state index < -0.39 is 11.7 Å². The topological polar surface area (TPSA) is 21.3 Å². The molecule has 6 heteroatoms. The fourth-order valence-corrected chi connectivity index (χ4v) is 2.00. The largest absolute Gasteiger partial charge is 0.495 e. The van der Waals surface area contributed by atoms with Gasteiger partial charge >= 0.3 is 6.18 Å². The molecule has 0 amide bonds. The summed E-state index contributed by atoms with van der Waals surface area (Å²) in [5.74, 6) is 0.603. The smallest absolute Gasteiger partial charge is 0.416 e. The number of rotatable bonds is 3. The van der Waals surface area contributed by atoms with Crippen molar-refractivity contribution in [3.63, 3.8) is 0 Å². The van der Waals surface area contributed by atoms with Crippen molar-refractivity contribution < 1.29 is 17.9 Å². The molecule has 2 aromatic rings. The predicted octanol–water partition coefficient (Wildman–Crippen LogP) is 4.50. The highest BCUT2D eigenvalue weighted by Gasteiger charge is 2.30. The van der Waals surface area contributed by atoms with Crippen molar-refractivity contribution in [1.82, 2.24) is 0 Å². The van der Waals surface area contributed by atoms with E-state index in [9.17, 15) is 13.2 Å². The Bertz CT molecular complexity index is 638. The number of nitrogens with one attached hydrogen (secondary N) is 1. The lowest BCUT2D eigenvalue weighted by Crippen LogP contribution is -2.12. The molecule has 0 bridgehead atoms. The summed E-state index contributed by atoms with van der Waals surface area (Å²) >= 11 is 5.20. The number of thiocarbonyl (C=S) groups is 1. The highest BCUT2D eigenvalue weighted by molar-refractivity contribution is 7.81. The molecule has 0 radical (unpaired) electrons. The number of methoxy groups -OCH3 is 1. The summed E-state index contributed by atoms with van der Waals surface area (Å²) in [4.78, 5) is 0.327. The summed E-state index contributed by atoms with van der Waals surface area (Å²) < 4.78 is 42.7. The van der Waals surface area contributed by atoms with Gasteiger partial charge in [-0.1, -0.05) is 36.5 Å². The first-order valence-electron chi connectivity index (χ1n) is 6.03. The zero-order valence-corrected chi connectivity index (χ0v) is 11.9. The van der Waals surface area contributed by atoms with Crippen LogP contribution in [0.1, 0.15) is 11.1 Å². The molecular weight excluding hydrogens is 299 g/mol. The molecular formula is C15H12F3NOS. The zero-order chi connectivity index (χ0) is 15.5. The van der Waals surface area contributed by atoms with E-state index in [2.05, 4.69) is 5.32 Å². The number of hydrogen-bond acceptors (Lipinski definition) is 2. The van der Waals surface area contributed by atoms with E-state index in [0.717, 1.165) is 12.1 Å². The second kappa shape index (κ2) is 6.13. The van der Waals surface area contributed by atoms with Gasteiger partial charge < -0.3 is 10.1 Å². The lowest BCUT2D eigenvalue weighted by atomic mass is 10.1. The van der Waals surface area contributed by atoms with E-state index in [1.54, 1.807) is 18.2 Å². The highest BCUT2D eigenvalue weighted by atomic mass is 32.1. The molecule has 21 heavy (non-hydrogen) atoms. The zero-order valence-electron chi connectivity index (χ0n) is 11.1. The van der Waals surface area contributed by atoms with Gasteiger partial charge in [0.25, 0.3) is 0 Å². The van der Waals surface area contributed by atoms with Gasteiger partial charge in [0.2, 0.25) is 0 Å². The van der Waals surface area contributed by atoms with E-state index in [1.165, 1.54) is 19.2 Å². The second-order valence-electron chi connectivity index (χ2n) is 4.23. The van der Waals surface area contributed by atoms with Crippen molar-refractivity contribution in [2.45, 2.75) is 6.18 Å². The van der Waals surface area contributed by atoms with Crippen LogP contribution in [-0.2, 0) is 6.18 Å².